The first-order chi connectivity index (χ1) is 34.7. The molecular weight excluding hydrogens is 849 g/mol. The maximum atomic E-state index is 2.69. The van der Waals surface area contributed by atoms with E-state index in [2.05, 4.69) is 280 Å². The topological polar surface area (TPSA) is 13.0 Å². The van der Waals surface area contributed by atoms with Gasteiger partial charge >= 0.3 is 0 Å². The minimum atomic E-state index is 0.266. The molecule has 11 aromatic carbocycles. The molecular formula is C66H52N4. The highest BCUT2D eigenvalue weighted by atomic mass is 15.2. The second-order valence-corrected chi connectivity index (χ2v) is 18.9. The lowest BCUT2D eigenvalue weighted by Crippen LogP contribution is -2.42. The first-order valence-electron chi connectivity index (χ1n) is 24.7. The quantitative estimate of drug-likeness (QED) is 0.136. The molecule has 1 fully saturated rings. The van der Waals surface area contributed by atoms with Gasteiger partial charge in [0.1, 0.15) is 0 Å². The van der Waals surface area contributed by atoms with Gasteiger partial charge in [-0.1, -0.05) is 152 Å². The molecule has 11 aromatic rings. The summed E-state index contributed by atoms with van der Waals surface area (Å²) < 4.78 is 0. The minimum Gasteiger partial charge on any atom is -0.338 e. The number of para-hydroxylation sites is 3. The Hall–Kier alpha value is -8.60. The first-order valence-corrected chi connectivity index (χ1v) is 24.7. The average molecular weight is 901 g/mol. The fourth-order valence-electron chi connectivity index (χ4n) is 11.7. The number of nitrogens with zero attached hydrogens (tertiary/aromatic N) is 4. The zero-order valence-corrected chi connectivity index (χ0v) is 39.0. The van der Waals surface area contributed by atoms with E-state index in [1.165, 1.54) is 60.6 Å². The molecule has 0 saturated heterocycles. The van der Waals surface area contributed by atoms with Gasteiger partial charge in [-0.3, -0.25) is 0 Å². The Balaban J connectivity index is 0.954. The molecule has 4 nitrogen and oxygen atoms in total. The van der Waals surface area contributed by atoms with Crippen LogP contribution in [0.25, 0.3) is 32.3 Å². The molecule has 2 unspecified atom stereocenters. The number of fused-ring (bicyclic) bond motifs is 6. The molecule has 4 heteroatoms. The van der Waals surface area contributed by atoms with Crippen molar-refractivity contribution in [2.24, 2.45) is 0 Å². The molecule has 70 heavy (non-hydrogen) atoms. The monoisotopic (exact) mass is 900 g/mol. The standard InChI is InChI=1S/C66H52N4/c1-4-23-53(24-5-1)67(58-34-31-47-17-10-13-20-50(47)41-58)56-29-16-30-57(44-56)70-65-39-37-61(68(54-25-6-2-7-26-54)59-35-32-48-18-11-14-21-51(48)42-59)45-63(65)64-46-62(38-40-66(64)70)69(55-27-8-3-9-28-55)60-36-33-49-19-12-15-22-52(49)43-60/h1-37,39,41-45,62,64,66H,38,40,46H2/t62-,64?,66?/m1/s1. The highest BCUT2D eigenvalue weighted by molar-refractivity contribution is 5.92. The molecule has 1 aliphatic heterocycles. The summed E-state index contributed by atoms with van der Waals surface area (Å²) in [6, 6.07) is 96.6. The van der Waals surface area contributed by atoms with Gasteiger partial charge in [0, 0.05) is 74.9 Å². The summed E-state index contributed by atoms with van der Waals surface area (Å²) in [6.07, 6.45) is 3.11. The SMILES string of the molecule is c1ccc(N(c2cccc(N3c4ccc(N(c5ccccc5)c5ccc6ccccc6c5)cc4C4C[C@H](N(c5ccccc5)c5ccc6ccccc6c5)CCC43)c2)c2ccc3ccccc3c2)cc1. The molecule has 13 rings (SSSR count). The van der Waals surface area contributed by atoms with Crippen LogP contribution >= 0.6 is 0 Å². The number of hydrogen-bond donors (Lipinski definition) is 0. The van der Waals surface area contributed by atoms with Crippen molar-refractivity contribution in [3.8, 4) is 0 Å². The Morgan fingerprint density at radius 3 is 1.30 bits per heavy atom. The summed E-state index contributed by atoms with van der Waals surface area (Å²) in [5, 5.41) is 7.45. The molecule has 1 heterocycles. The van der Waals surface area contributed by atoms with Crippen LogP contribution in [0.2, 0.25) is 0 Å². The molecule has 0 spiro atoms. The van der Waals surface area contributed by atoms with Gasteiger partial charge in [0.15, 0.2) is 0 Å². The lowest BCUT2D eigenvalue weighted by molar-refractivity contribution is 0.358. The van der Waals surface area contributed by atoms with Gasteiger partial charge in [-0.05, 0) is 166 Å². The number of anilines is 10. The van der Waals surface area contributed by atoms with Gasteiger partial charge in [0.2, 0.25) is 0 Å². The van der Waals surface area contributed by atoms with Crippen molar-refractivity contribution in [3.05, 3.63) is 266 Å². The van der Waals surface area contributed by atoms with Crippen LogP contribution < -0.4 is 19.6 Å². The van der Waals surface area contributed by atoms with E-state index in [-0.39, 0.29) is 18.0 Å². The van der Waals surface area contributed by atoms with Crippen LogP contribution in [0.4, 0.5) is 56.9 Å². The van der Waals surface area contributed by atoms with E-state index in [4.69, 9.17) is 0 Å². The molecule has 3 atom stereocenters. The Morgan fingerprint density at radius 2 is 0.743 bits per heavy atom. The van der Waals surface area contributed by atoms with E-state index in [0.29, 0.717) is 0 Å². The third-order valence-electron chi connectivity index (χ3n) is 14.8. The zero-order chi connectivity index (χ0) is 46.4. The van der Waals surface area contributed by atoms with Crippen LogP contribution in [0.5, 0.6) is 0 Å². The van der Waals surface area contributed by atoms with Crippen LogP contribution in [0.1, 0.15) is 30.7 Å². The Bertz CT molecular complexity index is 3650. The second kappa shape index (κ2) is 17.8. The van der Waals surface area contributed by atoms with Gasteiger partial charge in [0.05, 0.1) is 0 Å². The lowest BCUT2D eigenvalue weighted by atomic mass is 9.78. The summed E-state index contributed by atoms with van der Waals surface area (Å²) in [4.78, 5) is 10.2. The smallest absolute Gasteiger partial charge is 0.0482 e. The van der Waals surface area contributed by atoms with Gasteiger partial charge in [-0.15, -0.1) is 0 Å². The third-order valence-corrected chi connectivity index (χ3v) is 14.8. The molecule has 336 valence electrons. The normalized spacial score (nSPS) is 16.2. The maximum Gasteiger partial charge on any atom is 0.0482 e. The Morgan fingerprint density at radius 1 is 0.314 bits per heavy atom. The molecule has 0 N–H and O–H groups in total. The van der Waals surface area contributed by atoms with Crippen molar-refractivity contribution in [2.45, 2.75) is 37.3 Å². The zero-order valence-electron chi connectivity index (χ0n) is 39.0. The molecule has 0 radical (unpaired) electrons. The number of rotatable bonds is 10. The second-order valence-electron chi connectivity index (χ2n) is 18.9. The fourth-order valence-corrected chi connectivity index (χ4v) is 11.7. The van der Waals surface area contributed by atoms with E-state index < -0.39 is 0 Å². The van der Waals surface area contributed by atoms with Crippen molar-refractivity contribution in [1.82, 2.24) is 0 Å². The first kappa shape index (κ1) is 41.6. The summed E-state index contributed by atoms with van der Waals surface area (Å²) in [7, 11) is 0. The van der Waals surface area contributed by atoms with Crippen LogP contribution in [0.15, 0.2) is 261 Å². The van der Waals surface area contributed by atoms with E-state index in [1.54, 1.807) is 0 Å². The molecule has 0 aromatic heterocycles. The van der Waals surface area contributed by atoms with Crippen molar-refractivity contribution < 1.29 is 0 Å². The molecule has 2 aliphatic rings. The predicted molar refractivity (Wildman–Crippen MR) is 296 cm³/mol. The van der Waals surface area contributed by atoms with Crippen LogP contribution in [0.3, 0.4) is 0 Å². The van der Waals surface area contributed by atoms with Gasteiger partial charge in [-0.2, -0.15) is 0 Å². The van der Waals surface area contributed by atoms with Gasteiger partial charge < -0.3 is 19.6 Å². The van der Waals surface area contributed by atoms with Crippen LogP contribution in [0, 0.1) is 0 Å². The van der Waals surface area contributed by atoms with Crippen molar-refractivity contribution in [1.29, 1.82) is 0 Å². The predicted octanol–water partition coefficient (Wildman–Crippen LogP) is 18.1. The Kier molecular flexibility index (Phi) is 10.6. The molecule has 0 amide bonds. The highest BCUT2D eigenvalue weighted by Gasteiger charge is 2.45. The van der Waals surface area contributed by atoms with Crippen molar-refractivity contribution in [2.75, 3.05) is 19.6 Å². The summed E-state index contributed by atoms with van der Waals surface area (Å²) in [5.74, 6) is 0.268. The lowest BCUT2D eigenvalue weighted by Gasteiger charge is -2.42. The van der Waals surface area contributed by atoms with Crippen LogP contribution in [-0.4, -0.2) is 12.1 Å². The molecule has 0 bridgehead atoms. The van der Waals surface area contributed by atoms with E-state index in [9.17, 15) is 0 Å². The van der Waals surface area contributed by atoms with E-state index in [0.717, 1.165) is 53.4 Å². The molecule has 1 aliphatic carbocycles. The fraction of sp³-hybridized carbons (Fsp3) is 0.0909. The van der Waals surface area contributed by atoms with Gasteiger partial charge in [-0.25, -0.2) is 0 Å². The third kappa shape index (κ3) is 7.59. The van der Waals surface area contributed by atoms with Crippen molar-refractivity contribution >= 4 is 89.2 Å². The highest BCUT2D eigenvalue weighted by Crippen LogP contribution is 2.55. The Labute approximate surface area is 410 Å². The van der Waals surface area contributed by atoms with Crippen molar-refractivity contribution in [3.63, 3.8) is 0 Å². The minimum absolute atomic E-state index is 0.266. The van der Waals surface area contributed by atoms with Crippen LogP contribution in [-0.2, 0) is 0 Å². The summed E-state index contributed by atoms with van der Waals surface area (Å²) in [6.45, 7) is 0. The molecule has 1 saturated carbocycles. The van der Waals surface area contributed by atoms with E-state index in [1.807, 2.05) is 0 Å². The van der Waals surface area contributed by atoms with E-state index >= 15 is 0 Å². The summed E-state index contributed by atoms with van der Waals surface area (Å²) in [5.41, 5.74) is 13.2. The summed E-state index contributed by atoms with van der Waals surface area (Å²) >= 11 is 0. The van der Waals surface area contributed by atoms with Gasteiger partial charge in [0.25, 0.3) is 0 Å². The average Bonchev–Trinajstić information content (AvgIpc) is 3.75. The number of benzene rings is 11. The largest absolute Gasteiger partial charge is 0.338 e. The number of hydrogen-bond acceptors (Lipinski definition) is 4. The maximum absolute atomic E-state index is 2.69.